The van der Waals surface area contributed by atoms with E-state index in [-0.39, 0.29) is 17.4 Å². The number of nitrogens with one attached hydrogen (secondary N) is 1. The second-order valence-electron chi connectivity index (χ2n) is 9.28. The normalized spacial score (nSPS) is 24.5. The molecular weight excluding hydrogens is 425 g/mol. The van der Waals surface area contributed by atoms with Gasteiger partial charge in [-0.25, -0.2) is 9.97 Å². The molecule has 178 valence electrons. The second kappa shape index (κ2) is 9.91. The lowest BCUT2D eigenvalue weighted by atomic mass is 9.73. The Morgan fingerprint density at radius 1 is 1.16 bits per heavy atom. The third-order valence-electron chi connectivity index (χ3n) is 7.05. The van der Waals surface area contributed by atoms with Crippen molar-refractivity contribution in [3.05, 3.63) is 18.1 Å². The number of hydrogen-bond donors (Lipinski definition) is 1. The second-order valence-corrected chi connectivity index (χ2v) is 9.28. The Balaban J connectivity index is 1.20. The van der Waals surface area contributed by atoms with Crippen LogP contribution in [-0.4, -0.2) is 61.4 Å². The van der Waals surface area contributed by atoms with E-state index < -0.39 is 11.9 Å². The molecule has 4 heterocycles. The van der Waals surface area contributed by atoms with Crippen molar-refractivity contribution >= 4 is 11.7 Å². The fourth-order valence-electron chi connectivity index (χ4n) is 4.87. The van der Waals surface area contributed by atoms with Gasteiger partial charge in [0.25, 0.3) is 0 Å². The summed E-state index contributed by atoms with van der Waals surface area (Å²) in [5.41, 5.74) is -0.857. The number of carbonyl (C=O) groups excluding carboxylic acids is 1. The van der Waals surface area contributed by atoms with E-state index in [2.05, 4.69) is 15.3 Å². The molecule has 10 heteroatoms. The predicted molar refractivity (Wildman–Crippen MR) is 111 cm³/mol. The molecule has 0 bridgehead atoms. The monoisotopic (exact) mass is 456 g/mol. The summed E-state index contributed by atoms with van der Waals surface area (Å²) in [6.45, 7) is 3.92. The van der Waals surface area contributed by atoms with Crippen LogP contribution in [0.5, 0.6) is 0 Å². The third-order valence-corrected chi connectivity index (χ3v) is 7.05. The molecule has 1 N–H and O–H groups in total. The Morgan fingerprint density at radius 2 is 1.91 bits per heavy atom. The maximum Gasteiger partial charge on any atom is 0.433 e. The average molecular weight is 457 g/mol. The van der Waals surface area contributed by atoms with E-state index in [1.165, 1.54) is 0 Å². The molecule has 1 aromatic heterocycles. The van der Waals surface area contributed by atoms with E-state index in [1.807, 2.05) is 4.90 Å². The number of nitrogens with zero attached hydrogens (tertiary/aromatic N) is 3. The van der Waals surface area contributed by atoms with Gasteiger partial charge in [0.2, 0.25) is 5.91 Å². The Bertz CT molecular complexity index is 768. The van der Waals surface area contributed by atoms with Gasteiger partial charge in [-0.2, -0.15) is 13.2 Å². The first-order valence-electron chi connectivity index (χ1n) is 11.4. The molecule has 0 saturated carbocycles. The number of ether oxygens (including phenoxy) is 2. The summed E-state index contributed by atoms with van der Waals surface area (Å²) in [4.78, 5) is 21.5. The minimum Gasteiger partial charge on any atom is -0.381 e. The van der Waals surface area contributed by atoms with Crippen LogP contribution < -0.4 is 10.2 Å². The van der Waals surface area contributed by atoms with Crippen molar-refractivity contribution < 1.29 is 27.4 Å². The number of anilines is 1. The fraction of sp³-hybridized carbons (Fsp3) is 0.773. The minimum atomic E-state index is -4.47. The Morgan fingerprint density at radius 3 is 2.56 bits per heavy atom. The van der Waals surface area contributed by atoms with Gasteiger partial charge in [0.05, 0.1) is 12.7 Å². The molecule has 7 nitrogen and oxygen atoms in total. The molecule has 3 aliphatic heterocycles. The molecular formula is C22H31F3N4O3. The number of piperidine rings is 1. The quantitative estimate of drug-likeness (QED) is 0.734. The van der Waals surface area contributed by atoms with E-state index in [0.29, 0.717) is 44.4 Å². The van der Waals surface area contributed by atoms with Crippen LogP contribution in [0.25, 0.3) is 0 Å². The van der Waals surface area contributed by atoms with Gasteiger partial charge in [0.1, 0.15) is 17.8 Å². The minimum absolute atomic E-state index is 0.0218. The summed E-state index contributed by atoms with van der Waals surface area (Å²) >= 11 is 0. The number of alkyl halides is 3. The molecule has 0 aliphatic carbocycles. The number of aromatic nitrogens is 2. The van der Waals surface area contributed by atoms with Crippen LogP contribution in [0.2, 0.25) is 0 Å². The van der Waals surface area contributed by atoms with Crippen molar-refractivity contribution in [2.75, 3.05) is 44.4 Å². The van der Waals surface area contributed by atoms with Gasteiger partial charge in [-0.3, -0.25) is 4.79 Å². The van der Waals surface area contributed by atoms with Crippen LogP contribution in [0, 0.1) is 11.3 Å². The third kappa shape index (κ3) is 5.89. The fourth-order valence-corrected chi connectivity index (χ4v) is 4.87. The highest BCUT2D eigenvalue weighted by molar-refractivity contribution is 5.76. The van der Waals surface area contributed by atoms with Crippen LogP contribution >= 0.6 is 0 Å². The maximum absolute atomic E-state index is 12.9. The van der Waals surface area contributed by atoms with E-state index in [4.69, 9.17) is 9.47 Å². The first-order chi connectivity index (χ1) is 15.3. The highest BCUT2D eigenvalue weighted by Gasteiger charge is 2.40. The zero-order valence-corrected chi connectivity index (χ0v) is 18.2. The SMILES string of the molecule is O=C(CC1CCOCC1)NCC1CCC2(CCN(c3cc(C(F)(F)F)ncn3)CC2)CO1. The van der Waals surface area contributed by atoms with Crippen molar-refractivity contribution in [2.45, 2.75) is 57.2 Å². The van der Waals surface area contributed by atoms with E-state index >= 15 is 0 Å². The standard InChI is InChI=1S/C22H31F3N4O3/c23-22(24,25)18-12-19(28-15-27-18)29-7-5-21(6-8-29)4-1-17(32-14-21)13-26-20(30)11-16-2-9-31-10-3-16/h12,15-17H,1-11,13-14H2,(H,26,30). The van der Waals surface area contributed by atoms with Crippen LogP contribution in [0.15, 0.2) is 12.4 Å². The molecule has 3 fully saturated rings. The zero-order valence-electron chi connectivity index (χ0n) is 18.2. The topological polar surface area (TPSA) is 76.6 Å². The van der Waals surface area contributed by atoms with Crippen LogP contribution in [0.4, 0.5) is 19.0 Å². The van der Waals surface area contributed by atoms with Crippen molar-refractivity contribution in [1.82, 2.24) is 15.3 Å². The summed E-state index contributed by atoms with van der Waals surface area (Å²) in [5.74, 6) is 0.813. The largest absolute Gasteiger partial charge is 0.433 e. The summed E-state index contributed by atoms with van der Waals surface area (Å²) < 4.78 is 50.2. The van der Waals surface area contributed by atoms with E-state index in [0.717, 1.165) is 64.1 Å². The molecule has 32 heavy (non-hydrogen) atoms. The van der Waals surface area contributed by atoms with Crippen molar-refractivity contribution in [3.8, 4) is 0 Å². The highest BCUT2D eigenvalue weighted by atomic mass is 19.4. The van der Waals surface area contributed by atoms with E-state index in [9.17, 15) is 18.0 Å². The molecule has 0 radical (unpaired) electrons. The van der Waals surface area contributed by atoms with Gasteiger partial charge in [-0.1, -0.05) is 0 Å². The van der Waals surface area contributed by atoms with Gasteiger partial charge in [-0.05, 0) is 49.9 Å². The van der Waals surface area contributed by atoms with Crippen molar-refractivity contribution in [2.24, 2.45) is 11.3 Å². The molecule has 4 rings (SSSR count). The summed E-state index contributed by atoms with van der Waals surface area (Å²) in [5, 5.41) is 3.02. The number of rotatable bonds is 5. The van der Waals surface area contributed by atoms with Gasteiger partial charge in [0.15, 0.2) is 0 Å². The molecule has 1 spiro atoms. The Kier molecular flexibility index (Phi) is 7.19. The summed E-state index contributed by atoms with van der Waals surface area (Å²) in [6.07, 6.45) is 2.54. The molecule has 1 atom stereocenters. The number of amides is 1. The van der Waals surface area contributed by atoms with Crippen LogP contribution in [-0.2, 0) is 20.4 Å². The number of halogens is 3. The number of carbonyl (C=O) groups is 1. The molecule has 3 saturated heterocycles. The number of hydrogen-bond acceptors (Lipinski definition) is 6. The Hall–Kier alpha value is -1.94. The lowest BCUT2D eigenvalue weighted by Crippen LogP contribution is -2.48. The Labute approximate surface area is 186 Å². The van der Waals surface area contributed by atoms with Crippen LogP contribution in [0.1, 0.15) is 50.6 Å². The molecule has 0 aromatic carbocycles. The molecule has 3 aliphatic rings. The first kappa shape index (κ1) is 23.2. The van der Waals surface area contributed by atoms with Gasteiger partial charge < -0.3 is 19.7 Å². The van der Waals surface area contributed by atoms with Gasteiger partial charge in [0, 0.05) is 45.3 Å². The maximum atomic E-state index is 12.9. The first-order valence-corrected chi connectivity index (χ1v) is 11.4. The zero-order chi connectivity index (χ0) is 22.6. The van der Waals surface area contributed by atoms with E-state index in [1.54, 1.807) is 0 Å². The van der Waals surface area contributed by atoms with Crippen molar-refractivity contribution in [3.63, 3.8) is 0 Å². The van der Waals surface area contributed by atoms with Crippen molar-refractivity contribution in [1.29, 1.82) is 0 Å². The lowest BCUT2D eigenvalue weighted by Gasteiger charge is -2.46. The lowest BCUT2D eigenvalue weighted by molar-refractivity contribution is -0.141. The molecule has 1 amide bonds. The highest BCUT2D eigenvalue weighted by Crippen LogP contribution is 2.41. The van der Waals surface area contributed by atoms with Gasteiger partial charge >= 0.3 is 6.18 Å². The molecule has 1 unspecified atom stereocenters. The molecule has 1 aromatic rings. The smallest absolute Gasteiger partial charge is 0.381 e. The summed E-state index contributed by atoms with van der Waals surface area (Å²) in [6, 6.07) is 1.02. The summed E-state index contributed by atoms with van der Waals surface area (Å²) in [7, 11) is 0. The van der Waals surface area contributed by atoms with Crippen LogP contribution in [0.3, 0.4) is 0 Å². The van der Waals surface area contributed by atoms with Gasteiger partial charge in [-0.15, -0.1) is 0 Å². The predicted octanol–water partition coefficient (Wildman–Crippen LogP) is 3.19. The average Bonchev–Trinajstić information content (AvgIpc) is 2.80.